The van der Waals surface area contributed by atoms with Crippen LogP contribution >= 0.6 is 0 Å². The lowest BCUT2D eigenvalue weighted by Crippen LogP contribution is -2.26. The first-order valence-corrected chi connectivity index (χ1v) is 11.9. The summed E-state index contributed by atoms with van der Waals surface area (Å²) in [6.45, 7) is 0.447. The summed E-state index contributed by atoms with van der Waals surface area (Å²) in [5.74, 6) is 0.938. The molecular formula is C29H27N5O3. The van der Waals surface area contributed by atoms with Gasteiger partial charge in [0.25, 0.3) is 5.91 Å². The second-order valence-corrected chi connectivity index (χ2v) is 8.38. The Morgan fingerprint density at radius 1 is 0.838 bits per heavy atom. The van der Waals surface area contributed by atoms with Crippen LogP contribution in [0.5, 0.6) is 11.5 Å². The molecule has 0 aliphatic heterocycles. The Labute approximate surface area is 215 Å². The van der Waals surface area contributed by atoms with Crippen LogP contribution in [0.1, 0.15) is 16.1 Å². The van der Waals surface area contributed by atoms with Crippen LogP contribution in [0.25, 0.3) is 22.5 Å². The maximum atomic E-state index is 13.3. The molecule has 5 aromatic rings. The summed E-state index contributed by atoms with van der Waals surface area (Å²) in [4.78, 5) is 13.3. The summed E-state index contributed by atoms with van der Waals surface area (Å²) in [7, 11) is 3.18. The lowest BCUT2D eigenvalue weighted by Gasteiger charge is -2.10. The maximum absolute atomic E-state index is 13.3. The number of aromatic nitrogens is 4. The number of ether oxygens (including phenoxy) is 2. The average Bonchev–Trinajstić information content (AvgIpc) is 3.62. The van der Waals surface area contributed by atoms with Crippen molar-refractivity contribution in [3.8, 4) is 34.0 Å². The quantitative estimate of drug-likeness (QED) is 0.321. The summed E-state index contributed by atoms with van der Waals surface area (Å²) < 4.78 is 14.4. The monoisotopic (exact) mass is 493 g/mol. The molecule has 0 spiro atoms. The number of carbonyl (C=O) groups is 1. The van der Waals surface area contributed by atoms with E-state index in [1.54, 1.807) is 18.9 Å². The number of hydrogen-bond donors (Lipinski definition) is 1. The fraction of sp³-hybridized carbons (Fsp3) is 0.138. The largest absolute Gasteiger partial charge is 0.493 e. The van der Waals surface area contributed by atoms with Crippen LogP contribution in [0, 0.1) is 0 Å². The Morgan fingerprint density at radius 3 is 2.19 bits per heavy atom. The van der Waals surface area contributed by atoms with Crippen LogP contribution in [0.15, 0.2) is 97.5 Å². The van der Waals surface area contributed by atoms with Crippen molar-refractivity contribution in [1.82, 2.24) is 24.9 Å². The van der Waals surface area contributed by atoms with Crippen LogP contribution in [0.2, 0.25) is 0 Å². The third-order valence-electron chi connectivity index (χ3n) is 6.00. The highest BCUT2D eigenvalue weighted by molar-refractivity contribution is 5.99. The molecule has 2 aromatic heterocycles. The third-order valence-corrected chi connectivity index (χ3v) is 6.00. The zero-order chi connectivity index (χ0) is 25.6. The molecule has 8 nitrogen and oxygen atoms in total. The molecule has 0 unspecified atom stereocenters. The fourth-order valence-corrected chi connectivity index (χ4v) is 4.08. The number of benzene rings is 3. The molecule has 37 heavy (non-hydrogen) atoms. The van der Waals surface area contributed by atoms with E-state index in [0.29, 0.717) is 35.7 Å². The van der Waals surface area contributed by atoms with E-state index in [1.807, 2.05) is 102 Å². The summed E-state index contributed by atoms with van der Waals surface area (Å²) in [6.07, 6.45) is 6.29. The van der Waals surface area contributed by atoms with Crippen molar-refractivity contribution in [1.29, 1.82) is 0 Å². The number of nitrogens with one attached hydrogen (secondary N) is 1. The SMILES string of the molecule is COc1ccc(-c2cn(-c3ccccc3)nc2C(=O)NCCc2cnn(-c3ccccc3)c2)cc1OC. The van der Waals surface area contributed by atoms with E-state index in [4.69, 9.17) is 9.47 Å². The van der Waals surface area contributed by atoms with E-state index in [0.717, 1.165) is 22.5 Å². The number of rotatable bonds is 9. The van der Waals surface area contributed by atoms with Gasteiger partial charge >= 0.3 is 0 Å². The molecule has 0 radical (unpaired) electrons. The van der Waals surface area contributed by atoms with Gasteiger partial charge in [0.2, 0.25) is 0 Å². The standard InChI is InChI=1S/C29H27N5O3/c1-36-26-14-13-22(17-27(26)37-2)25-20-34(24-11-7-4-8-12-24)32-28(25)29(35)30-16-15-21-18-31-33(19-21)23-9-5-3-6-10-23/h3-14,17-20H,15-16H2,1-2H3,(H,30,35). The number of nitrogens with zero attached hydrogens (tertiary/aromatic N) is 4. The lowest BCUT2D eigenvalue weighted by molar-refractivity contribution is 0.0949. The smallest absolute Gasteiger partial charge is 0.272 e. The van der Waals surface area contributed by atoms with Crippen LogP contribution in [0.3, 0.4) is 0 Å². The summed E-state index contributed by atoms with van der Waals surface area (Å²) in [6, 6.07) is 25.2. The zero-order valence-electron chi connectivity index (χ0n) is 20.7. The predicted molar refractivity (Wildman–Crippen MR) is 142 cm³/mol. The Morgan fingerprint density at radius 2 is 1.51 bits per heavy atom. The van der Waals surface area contributed by atoms with Gasteiger partial charge in [-0.15, -0.1) is 0 Å². The molecule has 5 rings (SSSR count). The molecule has 1 amide bonds. The van der Waals surface area contributed by atoms with Crippen LogP contribution in [-0.2, 0) is 6.42 Å². The van der Waals surface area contributed by atoms with Gasteiger partial charge in [-0.1, -0.05) is 42.5 Å². The Balaban J connectivity index is 1.37. The van der Waals surface area contributed by atoms with Gasteiger partial charge in [0.15, 0.2) is 17.2 Å². The van der Waals surface area contributed by atoms with E-state index in [9.17, 15) is 4.79 Å². The molecule has 0 saturated carbocycles. The molecule has 1 N–H and O–H groups in total. The molecule has 186 valence electrons. The van der Waals surface area contributed by atoms with Crippen molar-refractivity contribution in [2.24, 2.45) is 0 Å². The van der Waals surface area contributed by atoms with Gasteiger partial charge in [0.05, 0.1) is 31.8 Å². The minimum Gasteiger partial charge on any atom is -0.493 e. The average molecular weight is 494 g/mol. The zero-order valence-corrected chi connectivity index (χ0v) is 20.7. The lowest BCUT2D eigenvalue weighted by atomic mass is 10.1. The van der Waals surface area contributed by atoms with Crippen molar-refractivity contribution in [2.75, 3.05) is 20.8 Å². The second kappa shape index (κ2) is 10.8. The molecule has 0 fully saturated rings. The van der Waals surface area contributed by atoms with Crippen molar-refractivity contribution in [2.45, 2.75) is 6.42 Å². The number of carbonyl (C=O) groups excluding carboxylic acids is 1. The van der Waals surface area contributed by atoms with Gasteiger partial charge in [-0.2, -0.15) is 10.2 Å². The number of hydrogen-bond acceptors (Lipinski definition) is 5. The van der Waals surface area contributed by atoms with E-state index in [1.165, 1.54) is 0 Å². The van der Waals surface area contributed by atoms with Gasteiger partial charge in [-0.3, -0.25) is 4.79 Å². The van der Waals surface area contributed by atoms with Crippen molar-refractivity contribution < 1.29 is 14.3 Å². The summed E-state index contributed by atoms with van der Waals surface area (Å²) in [5.41, 5.74) is 4.70. The minimum absolute atomic E-state index is 0.255. The van der Waals surface area contributed by atoms with E-state index in [-0.39, 0.29) is 5.91 Å². The van der Waals surface area contributed by atoms with E-state index in [2.05, 4.69) is 15.5 Å². The van der Waals surface area contributed by atoms with E-state index >= 15 is 0 Å². The Kier molecular flexibility index (Phi) is 6.98. The molecule has 0 aliphatic rings. The van der Waals surface area contributed by atoms with Crippen molar-refractivity contribution in [3.63, 3.8) is 0 Å². The van der Waals surface area contributed by atoms with E-state index < -0.39 is 0 Å². The summed E-state index contributed by atoms with van der Waals surface area (Å²) in [5, 5.41) is 12.1. The Bertz CT molecular complexity index is 1490. The van der Waals surface area contributed by atoms with Gasteiger partial charge in [0.1, 0.15) is 0 Å². The first-order valence-electron chi connectivity index (χ1n) is 11.9. The number of amides is 1. The molecule has 0 atom stereocenters. The highest BCUT2D eigenvalue weighted by atomic mass is 16.5. The Hall–Kier alpha value is -4.85. The normalized spacial score (nSPS) is 10.8. The topological polar surface area (TPSA) is 83.2 Å². The highest BCUT2D eigenvalue weighted by Crippen LogP contribution is 2.34. The molecule has 0 saturated heterocycles. The molecular weight excluding hydrogens is 466 g/mol. The first-order chi connectivity index (χ1) is 18.2. The highest BCUT2D eigenvalue weighted by Gasteiger charge is 2.20. The van der Waals surface area contributed by atoms with Crippen LogP contribution in [-0.4, -0.2) is 46.2 Å². The van der Waals surface area contributed by atoms with Gasteiger partial charge < -0.3 is 14.8 Å². The van der Waals surface area contributed by atoms with Crippen molar-refractivity contribution >= 4 is 5.91 Å². The van der Waals surface area contributed by atoms with Gasteiger partial charge in [-0.05, 0) is 53.9 Å². The molecule has 8 heteroatoms. The first kappa shape index (κ1) is 23.9. The fourth-order valence-electron chi connectivity index (χ4n) is 4.08. The molecule has 0 bridgehead atoms. The molecule has 0 aliphatic carbocycles. The third kappa shape index (κ3) is 5.23. The van der Waals surface area contributed by atoms with Crippen molar-refractivity contribution in [3.05, 3.63) is 109 Å². The van der Waals surface area contributed by atoms with Crippen LogP contribution < -0.4 is 14.8 Å². The van der Waals surface area contributed by atoms with Gasteiger partial charge in [0, 0.05) is 24.5 Å². The van der Waals surface area contributed by atoms with Crippen LogP contribution in [0.4, 0.5) is 0 Å². The minimum atomic E-state index is -0.255. The summed E-state index contributed by atoms with van der Waals surface area (Å²) >= 11 is 0. The number of methoxy groups -OCH3 is 2. The molecule has 3 aromatic carbocycles. The maximum Gasteiger partial charge on any atom is 0.272 e. The second-order valence-electron chi connectivity index (χ2n) is 8.38. The molecule has 2 heterocycles. The number of para-hydroxylation sites is 2. The predicted octanol–water partition coefficient (Wildman–Crippen LogP) is 4.71. The van der Waals surface area contributed by atoms with Gasteiger partial charge in [-0.25, -0.2) is 9.36 Å².